The largest absolute Gasteiger partial charge is 0.0617 e. The Morgan fingerprint density at radius 2 is 0.371 bits per heavy atom. The second-order valence-electron chi connectivity index (χ2n) is 15.7. The average Bonchev–Trinajstić information content (AvgIpc) is 3.37. The van der Waals surface area contributed by atoms with Crippen molar-refractivity contribution in [3.05, 3.63) is 273 Å². The van der Waals surface area contributed by atoms with E-state index in [1.165, 1.54) is 62.1 Å². The normalized spacial score (nSPS) is 11.2. The average molecular weight is 853 g/mol. The van der Waals surface area contributed by atoms with Gasteiger partial charge in [-0.1, -0.05) is 84.9 Å². The van der Waals surface area contributed by atoms with Crippen LogP contribution in [0.1, 0.15) is 0 Å². The smallest absolute Gasteiger partial charge is 0.0374 e. The molecule has 0 saturated heterocycles. The minimum atomic E-state index is -3.31. The van der Waals surface area contributed by atoms with E-state index in [-0.39, 0.29) is 0 Å². The van der Waals surface area contributed by atoms with Crippen LogP contribution in [0, 0.1) is 0 Å². The van der Waals surface area contributed by atoms with Gasteiger partial charge in [0.1, 0.15) is 0 Å². The molecule has 0 aliphatic rings. The van der Waals surface area contributed by atoms with Crippen LogP contribution in [0.2, 0.25) is 0 Å². The van der Waals surface area contributed by atoms with Crippen LogP contribution in [0.25, 0.3) is 44.5 Å². The molecule has 0 saturated carbocycles. The fourth-order valence-electron chi connectivity index (χ4n) is 8.95. The Kier molecular flexibility index (Phi) is 11.0. The van der Waals surface area contributed by atoms with Crippen LogP contribution in [0.15, 0.2) is 273 Å². The van der Waals surface area contributed by atoms with E-state index in [4.69, 9.17) is 0 Å². The van der Waals surface area contributed by atoms with E-state index in [0.29, 0.717) is 0 Å². The SMILES string of the molecule is c1ccc(-c2ccc(N(c3ccc(-c4ccccc4)cc3)c3ccc(-c4ccc(-c5cc[c]([Ge]([c]6ccccc6)([c]6ccccc6)[c]6ccccc6)cc5)cc4)cc3)cc2)cc1. The molecule has 2 heteroatoms. The molecule has 0 fully saturated rings. The molecule has 10 aromatic rings. The standard InChI is InChI=1S/C60H45GeN/c1-6-16-46(17-7-1)51-32-40-58(41-33-51)62(59-42-34-52(35-43-59)47-18-8-2-9-19-47)60-44-36-53(37-45-60)49-28-26-48(27-29-49)50-30-38-57(39-31-50)61(54-20-10-3-11-21-54,55-22-12-4-13-23-55)56-24-14-5-15-25-56/h1-45H. The van der Waals surface area contributed by atoms with Gasteiger partial charge in [-0.25, -0.2) is 0 Å². The van der Waals surface area contributed by atoms with Crippen molar-refractivity contribution >= 4 is 47.9 Å². The van der Waals surface area contributed by atoms with Gasteiger partial charge in [0, 0.05) is 11.4 Å². The first-order chi connectivity index (χ1) is 30.7. The van der Waals surface area contributed by atoms with Crippen LogP contribution in [-0.4, -0.2) is 13.3 Å². The van der Waals surface area contributed by atoms with Gasteiger partial charge in [-0.05, 0) is 46.5 Å². The summed E-state index contributed by atoms with van der Waals surface area (Å²) in [6.07, 6.45) is 0. The quantitative estimate of drug-likeness (QED) is 0.117. The Balaban J connectivity index is 0.944. The molecule has 0 bridgehead atoms. The Hall–Kier alpha value is -7.46. The molecule has 0 spiro atoms. The monoisotopic (exact) mass is 853 g/mol. The zero-order valence-corrected chi connectivity index (χ0v) is 36.5. The number of nitrogens with zero attached hydrogens (tertiary/aromatic N) is 1. The number of hydrogen-bond acceptors (Lipinski definition) is 1. The van der Waals surface area contributed by atoms with Crippen LogP contribution in [-0.2, 0) is 0 Å². The summed E-state index contributed by atoms with van der Waals surface area (Å²) < 4.78 is 5.71. The maximum absolute atomic E-state index is 3.31. The molecule has 0 heterocycles. The van der Waals surface area contributed by atoms with Gasteiger partial charge in [0.25, 0.3) is 0 Å². The summed E-state index contributed by atoms with van der Waals surface area (Å²) in [5.74, 6) is 0. The van der Waals surface area contributed by atoms with Crippen LogP contribution in [0.3, 0.4) is 0 Å². The maximum atomic E-state index is 2.39. The molecule has 0 aliphatic heterocycles. The summed E-state index contributed by atoms with van der Waals surface area (Å²) in [5, 5.41) is 0. The topological polar surface area (TPSA) is 3.24 Å². The molecular weight excluding hydrogens is 807 g/mol. The van der Waals surface area contributed by atoms with Crippen LogP contribution in [0.5, 0.6) is 0 Å². The summed E-state index contributed by atoms with van der Waals surface area (Å²) in [6.45, 7) is 0. The molecule has 0 atom stereocenters. The van der Waals surface area contributed by atoms with Crippen molar-refractivity contribution in [3.63, 3.8) is 0 Å². The first-order valence-electron chi connectivity index (χ1n) is 21.3. The van der Waals surface area contributed by atoms with E-state index in [1.807, 2.05) is 0 Å². The van der Waals surface area contributed by atoms with Crippen LogP contribution >= 0.6 is 0 Å². The number of rotatable bonds is 11. The van der Waals surface area contributed by atoms with Gasteiger partial charge < -0.3 is 4.90 Å². The van der Waals surface area contributed by atoms with Gasteiger partial charge in [0.05, 0.1) is 0 Å². The van der Waals surface area contributed by atoms with Crippen molar-refractivity contribution in [2.45, 2.75) is 0 Å². The fraction of sp³-hybridized carbons (Fsp3) is 0. The molecule has 294 valence electrons. The Morgan fingerprint density at radius 1 is 0.177 bits per heavy atom. The molecular formula is C60H45GeN. The third-order valence-corrected chi connectivity index (χ3v) is 22.1. The van der Waals surface area contributed by atoms with E-state index >= 15 is 0 Å². The van der Waals surface area contributed by atoms with Crippen LogP contribution < -0.4 is 22.5 Å². The number of anilines is 3. The second-order valence-corrected chi connectivity index (χ2v) is 23.7. The summed E-state index contributed by atoms with van der Waals surface area (Å²) in [6, 6.07) is 99.8. The fourth-order valence-corrected chi connectivity index (χ4v) is 18.9. The Labute approximate surface area is 368 Å². The van der Waals surface area contributed by atoms with Crippen molar-refractivity contribution in [3.8, 4) is 44.5 Å². The molecule has 0 aliphatic carbocycles. The van der Waals surface area contributed by atoms with Crippen molar-refractivity contribution in [2.24, 2.45) is 0 Å². The minimum absolute atomic E-state index is 1.10. The van der Waals surface area contributed by atoms with Crippen molar-refractivity contribution in [2.75, 3.05) is 4.90 Å². The van der Waals surface area contributed by atoms with Crippen molar-refractivity contribution in [1.29, 1.82) is 0 Å². The minimum Gasteiger partial charge on any atom is -0.0617 e. The van der Waals surface area contributed by atoms with Crippen LogP contribution in [0.4, 0.5) is 17.1 Å². The summed E-state index contributed by atoms with van der Waals surface area (Å²) in [7, 11) is 0. The number of benzene rings is 10. The number of hydrogen-bond donors (Lipinski definition) is 0. The molecule has 1 nitrogen and oxygen atoms in total. The van der Waals surface area contributed by atoms with E-state index in [1.54, 1.807) is 0 Å². The zero-order chi connectivity index (χ0) is 41.6. The van der Waals surface area contributed by atoms with E-state index in [9.17, 15) is 0 Å². The molecule has 10 rings (SSSR count). The molecule has 0 aromatic heterocycles. The Morgan fingerprint density at radius 3 is 0.645 bits per heavy atom. The van der Waals surface area contributed by atoms with Gasteiger partial charge in [-0.3, -0.25) is 0 Å². The second kappa shape index (κ2) is 17.6. The molecule has 10 aromatic carbocycles. The molecule has 0 amide bonds. The summed E-state index contributed by atoms with van der Waals surface area (Å²) in [5.41, 5.74) is 12.9. The van der Waals surface area contributed by atoms with Crippen molar-refractivity contribution < 1.29 is 0 Å². The predicted molar refractivity (Wildman–Crippen MR) is 266 cm³/mol. The van der Waals surface area contributed by atoms with E-state index < -0.39 is 13.3 Å². The van der Waals surface area contributed by atoms with E-state index in [0.717, 1.165) is 17.1 Å². The third kappa shape index (κ3) is 7.71. The van der Waals surface area contributed by atoms with Gasteiger partial charge in [0.2, 0.25) is 0 Å². The Bertz CT molecular complexity index is 2790. The van der Waals surface area contributed by atoms with Gasteiger partial charge >= 0.3 is 223 Å². The maximum Gasteiger partial charge on any atom is -0.0374 e. The third-order valence-electron chi connectivity index (χ3n) is 12.1. The first kappa shape index (κ1) is 38.7. The zero-order valence-electron chi connectivity index (χ0n) is 34.4. The molecule has 0 radical (unpaired) electrons. The van der Waals surface area contributed by atoms with Gasteiger partial charge in [-0.15, -0.1) is 0 Å². The predicted octanol–water partition coefficient (Wildman–Crippen LogP) is 13.2. The molecule has 0 N–H and O–H groups in total. The van der Waals surface area contributed by atoms with E-state index in [2.05, 4.69) is 278 Å². The first-order valence-corrected chi connectivity index (χ1v) is 25.5. The van der Waals surface area contributed by atoms with Gasteiger partial charge in [0.15, 0.2) is 0 Å². The molecule has 62 heavy (non-hydrogen) atoms. The molecule has 0 unspecified atom stereocenters. The van der Waals surface area contributed by atoms with Gasteiger partial charge in [-0.2, -0.15) is 0 Å². The summed E-state index contributed by atoms with van der Waals surface area (Å²) in [4.78, 5) is 2.34. The summed E-state index contributed by atoms with van der Waals surface area (Å²) >= 11 is -3.31. The van der Waals surface area contributed by atoms with Crippen molar-refractivity contribution in [1.82, 2.24) is 0 Å².